The van der Waals surface area contributed by atoms with Gasteiger partial charge < -0.3 is 10.1 Å². The number of unbranched alkanes of at least 4 members (excludes halogenated alkanes) is 2. The zero-order valence-corrected chi connectivity index (χ0v) is 18.4. The number of hydrogen-bond acceptors (Lipinski definition) is 9. The molecule has 33 heavy (non-hydrogen) atoms. The van der Waals surface area contributed by atoms with Crippen LogP contribution in [0.15, 0.2) is 24.3 Å². The van der Waals surface area contributed by atoms with Crippen LogP contribution in [0.5, 0.6) is 0 Å². The summed E-state index contributed by atoms with van der Waals surface area (Å²) < 4.78 is 5.15. The number of benzene rings is 1. The van der Waals surface area contributed by atoms with E-state index in [1.807, 2.05) is 0 Å². The number of aryl methyl sites for hydroxylation is 1. The Hall–Kier alpha value is -4.04. The molecule has 0 unspecified atom stereocenters. The van der Waals surface area contributed by atoms with Crippen LogP contribution in [-0.2, 0) is 9.53 Å². The highest BCUT2D eigenvalue weighted by molar-refractivity contribution is 6.01. The number of aromatic nitrogens is 1. The molecule has 11 nitrogen and oxygen atoms in total. The molecule has 0 aliphatic heterocycles. The molecule has 0 aliphatic rings. The van der Waals surface area contributed by atoms with E-state index in [0.717, 1.165) is 0 Å². The summed E-state index contributed by atoms with van der Waals surface area (Å²) in [6.07, 6.45) is 2.13. The lowest BCUT2D eigenvalue weighted by atomic mass is 9.93. The Morgan fingerprint density at radius 2 is 2.06 bits per heavy atom. The maximum absolute atomic E-state index is 12.7. The van der Waals surface area contributed by atoms with Crippen molar-refractivity contribution in [1.29, 1.82) is 5.26 Å². The topological polar surface area (TPSA) is 167 Å². The number of hydrogen-bond donors (Lipinski definition) is 3. The van der Waals surface area contributed by atoms with Crippen molar-refractivity contribution in [3.05, 3.63) is 51.2 Å². The lowest BCUT2D eigenvalue weighted by molar-refractivity contribution is -0.384. The lowest BCUT2D eigenvalue weighted by Crippen LogP contribution is -2.18. The van der Waals surface area contributed by atoms with Gasteiger partial charge in [-0.1, -0.05) is 18.6 Å². The number of carbonyl (C=O) groups is 2. The van der Waals surface area contributed by atoms with Crippen molar-refractivity contribution < 1.29 is 24.5 Å². The highest BCUT2D eigenvalue weighted by Gasteiger charge is 2.25. The van der Waals surface area contributed by atoms with Crippen LogP contribution in [-0.4, -0.2) is 40.1 Å². The Bertz CT molecular complexity index is 1080. The summed E-state index contributed by atoms with van der Waals surface area (Å²) in [5.41, 5.74) is 2.41. The molecule has 1 aromatic carbocycles. The summed E-state index contributed by atoms with van der Waals surface area (Å²) in [5.74, 6) is -0.880. The Balaban J connectivity index is 2.43. The molecular weight excluding hydrogens is 430 g/mol. The number of nitrogens with zero attached hydrogens (tertiary/aromatic N) is 3. The van der Waals surface area contributed by atoms with Gasteiger partial charge in [-0.3, -0.25) is 20.1 Å². The summed E-state index contributed by atoms with van der Waals surface area (Å²) >= 11 is 0. The zero-order valence-electron chi connectivity index (χ0n) is 18.4. The third-order valence-corrected chi connectivity index (χ3v) is 4.81. The van der Waals surface area contributed by atoms with Crippen LogP contribution >= 0.6 is 0 Å². The van der Waals surface area contributed by atoms with Gasteiger partial charge in [-0.15, -0.1) is 0 Å². The number of nitro groups is 1. The fraction of sp³-hybridized carbons (Fsp3) is 0.364. The largest absolute Gasteiger partial charge is 0.462 e. The summed E-state index contributed by atoms with van der Waals surface area (Å²) in [7, 11) is 0. The standard InChI is InChI=1S/C22H25N5O6/c1-3-33-22(29)19-14(2)25-21(24-11-6-4-5-10-18(28)26-30)17(13-23)20(19)15-8-7-9-16(12-15)27(31)32/h7-9,12,30H,3-6,10-11H2,1-2H3,(H,24,25)(H,26,28). The number of nitrogens with one attached hydrogen (secondary N) is 2. The molecule has 2 aromatic rings. The molecule has 0 bridgehead atoms. The van der Waals surface area contributed by atoms with Crippen LogP contribution in [0.4, 0.5) is 11.5 Å². The number of esters is 1. The molecule has 0 radical (unpaired) electrons. The molecule has 0 atom stereocenters. The van der Waals surface area contributed by atoms with E-state index in [4.69, 9.17) is 9.94 Å². The molecule has 1 heterocycles. The first-order chi connectivity index (χ1) is 15.8. The van der Waals surface area contributed by atoms with Gasteiger partial charge in [0.1, 0.15) is 17.5 Å². The lowest BCUT2D eigenvalue weighted by Gasteiger charge is -2.17. The van der Waals surface area contributed by atoms with E-state index in [1.54, 1.807) is 25.4 Å². The quantitative estimate of drug-likeness (QED) is 0.151. The maximum atomic E-state index is 12.7. The van der Waals surface area contributed by atoms with E-state index in [-0.39, 0.29) is 41.2 Å². The number of nitro benzene ring substituents is 1. The number of non-ortho nitro benzene ring substituents is 1. The average Bonchev–Trinajstić information content (AvgIpc) is 2.80. The summed E-state index contributed by atoms with van der Waals surface area (Å²) in [6.45, 7) is 3.81. The average molecular weight is 455 g/mol. The van der Waals surface area contributed by atoms with Crippen molar-refractivity contribution in [2.24, 2.45) is 0 Å². The van der Waals surface area contributed by atoms with E-state index < -0.39 is 16.8 Å². The first kappa shape index (κ1) is 25.2. The van der Waals surface area contributed by atoms with Gasteiger partial charge in [-0.25, -0.2) is 15.3 Å². The van der Waals surface area contributed by atoms with E-state index in [2.05, 4.69) is 16.4 Å². The minimum Gasteiger partial charge on any atom is -0.462 e. The Morgan fingerprint density at radius 3 is 2.70 bits per heavy atom. The number of ether oxygens (including phenoxy) is 1. The molecule has 11 heteroatoms. The number of rotatable bonds is 11. The van der Waals surface area contributed by atoms with Crippen LogP contribution in [0.1, 0.15) is 54.2 Å². The van der Waals surface area contributed by atoms with E-state index in [0.29, 0.717) is 37.1 Å². The molecule has 0 aliphatic carbocycles. The number of carbonyl (C=O) groups excluding carboxylic acids is 2. The minimum atomic E-state index is -0.672. The predicted octanol–water partition coefficient (Wildman–Crippen LogP) is 3.49. The van der Waals surface area contributed by atoms with Gasteiger partial charge in [0.2, 0.25) is 5.91 Å². The van der Waals surface area contributed by atoms with Crippen molar-refractivity contribution in [3.63, 3.8) is 0 Å². The molecule has 2 rings (SSSR count). The van der Waals surface area contributed by atoms with Gasteiger partial charge in [-0.2, -0.15) is 5.26 Å². The van der Waals surface area contributed by atoms with Gasteiger partial charge in [-0.05, 0) is 32.3 Å². The summed E-state index contributed by atoms with van der Waals surface area (Å²) in [6, 6.07) is 7.76. The van der Waals surface area contributed by atoms with Crippen LogP contribution in [0.3, 0.4) is 0 Å². The Labute approximate surface area is 190 Å². The van der Waals surface area contributed by atoms with Crippen LogP contribution in [0.2, 0.25) is 0 Å². The number of hydroxylamine groups is 1. The van der Waals surface area contributed by atoms with E-state index in [9.17, 15) is 25.0 Å². The first-order valence-corrected chi connectivity index (χ1v) is 10.4. The molecule has 0 fully saturated rings. The third-order valence-electron chi connectivity index (χ3n) is 4.81. The highest BCUT2D eigenvalue weighted by Crippen LogP contribution is 2.35. The van der Waals surface area contributed by atoms with Crippen molar-refractivity contribution in [1.82, 2.24) is 10.5 Å². The van der Waals surface area contributed by atoms with E-state index in [1.165, 1.54) is 18.2 Å². The van der Waals surface area contributed by atoms with Crippen molar-refractivity contribution in [2.75, 3.05) is 18.5 Å². The highest BCUT2D eigenvalue weighted by atomic mass is 16.6. The molecule has 1 aromatic heterocycles. The zero-order chi connectivity index (χ0) is 24.4. The SMILES string of the molecule is CCOC(=O)c1c(C)nc(NCCCCCC(=O)NO)c(C#N)c1-c1cccc([N+](=O)[O-])c1. The van der Waals surface area contributed by atoms with Crippen molar-refractivity contribution in [2.45, 2.75) is 39.5 Å². The minimum absolute atomic E-state index is 0.0730. The smallest absolute Gasteiger partial charge is 0.340 e. The molecule has 0 saturated carbocycles. The third kappa shape index (κ3) is 6.47. The van der Waals surface area contributed by atoms with E-state index >= 15 is 0 Å². The number of amides is 1. The van der Waals surface area contributed by atoms with Crippen LogP contribution < -0.4 is 10.8 Å². The first-order valence-electron chi connectivity index (χ1n) is 10.4. The van der Waals surface area contributed by atoms with Gasteiger partial charge in [0, 0.05) is 30.7 Å². The normalized spacial score (nSPS) is 10.2. The summed E-state index contributed by atoms with van der Waals surface area (Å²) in [5, 5.41) is 32.8. The molecule has 0 saturated heterocycles. The summed E-state index contributed by atoms with van der Waals surface area (Å²) in [4.78, 5) is 38.9. The second-order valence-corrected chi connectivity index (χ2v) is 7.08. The monoisotopic (exact) mass is 455 g/mol. The van der Waals surface area contributed by atoms with Crippen LogP contribution in [0, 0.1) is 28.4 Å². The maximum Gasteiger partial charge on any atom is 0.340 e. The van der Waals surface area contributed by atoms with Gasteiger partial charge in [0.05, 0.1) is 22.8 Å². The number of pyridine rings is 1. The second kappa shape index (κ2) is 12.1. The van der Waals surface area contributed by atoms with Crippen molar-refractivity contribution in [3.8, 4) is 17.2 Å². The molecule has 3 N–H and O–H groups in total. The molecule has 1 amide bonds. The number of nitriles is 1. The Kier molecular flexibility index (Phi) is 9.26. The van der Waals surface area contributed by atoms with Gasteiger partial charge >= 0.3 is 5.97 Å². The Morgan fingerprint density at radius 1 is 1.30 bits per heavy atom. The fourth-order valence-electron chi connectivity index (χ4n) is 3.31. The molecular formula is C22H25N5O6. The molecule has 174 valence electrons. The van der Waals surface area contributed by atoms with Gasteiger partial charge in [0.15, 0.2) is 0 Å². The predicted molar refractivity (Wildman–Crippen MR) is 119 cm³/mol. The fourth-order valence-corrected chi connectivity index (χ4v) is 3.31. The van der Waals surface area contributed by atoms with Crippen molar-refractivity contribution >= 4 is 23.4 Å². The number of anilines is 1. The van der Waals surface area contributed by atoms with Crippen LogP contribution in [0.25, 0.3) is 11.1 Å². The second-order valence-electron chi connectivity index (χ2n) is 7.08. The molecule has 0 spiro atoms. The van der Waals surface area contributed by atoms with Gasteiger partial charge in [0.25, 0.3) is 5.69 Å².